The molecule has 1 aromatic carbocycles. The monoisotopic (exact) mass is 365 g/mol. The number of nitrogens with zero attached hydrogens (tertiary/aromatic N) is 2. The fourth-order valence-electron chi connectivity index (χ4n) is 3.30. The van der Waals surface area contributed by atoms with Gasteiger partial charge in [-0.25, -0.2) is 9.78 Å². The molecule has 1 aliphatic carbocycles. The molecule has 142 valence electrons. The number of aromatic nitrogens is 1. The molecule has 3 N–H and O–H groups in total. The number of benzene rings is 1. The molecule has 2 fully saturated rings. The van der Waals surface area contributed by atoms with Crippen molar-refractivity contribution in [2.24, 2.45) is 5.92 Å². The zero-order valence-corrected chi connectivity index (χ0v) is 15.7. The lowest BCUT2D eigenvalue weighted by molar-refractivity contribution is 0.251. The summed E-state index contributed by atoms with van der Waals surface area (Å²) in [6.07, 6.45) is 6.40. The second kappa shape index (κ2) is 7.86. The lowest BCUT2D eigenvalue weighted by Gasteiger charge is -2.32. The molecule has 0 bridgehead atoms. The number of pyridine rings is 1. The first-order valence-corrected chi connectivity index (χ1v) is 9.81. The van der Waals surface area contributed by atoms with E-state index in [0.29, 0.717) is 11.9 Å². The van der Waals surface area contributed by atoms with Crippen molar-refractivity contribution < 1.29 is 4.79 Å². The van der Waals surface area contributed by atoms with Crippen molar-refractivity contribution in [3.8, 4) is 0 Å². The third-order valence-electron chi connectivity index (χ3n) is 5.22. The third-order valence-corrected chi connectivity index (χ3v) is 5.22. The van der Waals surface area contributed by atoms with Gasteiger partial charge in [0.25, 0.3) is 0 Å². The van der Waals surface area contributed by atoms with Gasteiger partial charge in [-0.1, -0.05) is 6.92 Å². The van der Waals surface area contributed by atoms with Crippen LogP contribution < -0.4 is 20.9 Å². The van der Waals surface area contributed by atoms with Crippen LogP contribution in [-0.4, -0.2) is 30.1 Å². The highest BCUT2D eigenvalue weighted by atomic mass is 16.2. The van der Waals surface area contributed by atoms with E-state index in [0.717, 1.165) is 43.2 Å². The van der Waals surface area contributed by atoms with Gasteiger partial charge in [0.05, 0.1) is 11.9 Å². The molecule has 0 spiro atoms. The van der Waals surface area contributed by atoms with Crippen LogP contribution in [0.2, 0.25) is 0 Å². The third kappa shape index (κ3) is 4.90. The Morgan fingerprint density at radius 1 is 1.00 bits per heavy atom. The van der Waals surface area contributed by atoms with E-state index in [4.69, 9.17) is 0 Å². The zero-order valence-electron chi connectivity index (χ0n) is 15.7. The van der Waals surface area contributed by atoms with Gasteiger partial charge in [0.1, 0.15) is 5.82 Å². The standard InChI is InChI=1S/C21H27N5O/c1-15-10-12-26(13-11-15)19-7-4-16(5-8-19)23-18-6-9-20(22-14-18)25-21(27)24-17-2-3-17/h4-9,14-15,17,23H,2-3,10-13H2,1H3,(H2,22,24,25,27). The first-order chi connectivity index (χ1) is 13.2. The molecular weight excluding hydrogens is 338 g/mol. The largest absolute Gasteiger partial charge is 0.372 e. The Labute approximate surface area is 160 Å². The lowest BCUT2D eigenvalue weighted by atomic mass is 9.99. The molecule has 2 amide bonds. The molecule has 0 radical (unpaired) electrons. The fourth-order valence-corrected chi connectivity index (χ4v) is 3.30. The average Bonchev–Trinajstić information content (AvgIpc) is 3.49. The van der Waals surface area contributed by atoms with Gasteiger partial charge in [0.2, 0.25) is 0 Å². The van der Waals surface area contributed by atoms with Crippen molar-refractivity contribution in [2.75, 3.05) is 28.6 Å². The first kappa shape index (κ1) is 17.6. The number of carbonyl (C=O) groups is 1. The van der Waals surface area contributed by atoms with E-state index in [2.05, 4.69) is 57.0 Å². The maximum absolute atomic E-state index is 11.7. The number of carbonyl (C=O) groups excluding carboxylic acids is 1. The van der Waals surface area contributed by atoms with E-state index in [1.54, 1.807) is 12.3 Å². The zero-order chi connectivity index (χ0) is 18.6. The van der Waals surface area contributed by atoms with Crippen LogP contribution in [0.25, 0.3) is 0 Å². The van der Waals surface area contributed by atoms with Crippen LogP contribution in [0.5, 0.6) is 0 Å². The van der Waals surface area contributed by atoms with Crippen LogP contribution in [0.15, 0.2) is 42.6 Å². The summed E-state index contributed by atoms with van der Waals surface area (Å²) in [5.41, 5.74) is 3.20. The van der Waals surface area contributed by atoms with Gasteiger partial charge >= 0.3 is 6.03 Å². The van der Waals surface area contributed by atoms with Crippen molar-refractivity contribution in [1.82, 2.24) is 10.3 Å². The average molecular weight is 365 g/mol. The highest BCUT2D eigenvalue weighted by molar-refractivity contribution is 5.88. The molecule has 6 heteroatoms. The van der Waals surface area contributed by atoms with E-state index in [1.807, 2.05) is 6.07 Å². The van der Waals surface area contributed by atoms with Crippen molar-refractivity contribution in [2.45, 2.75) is 38.6 Å². The summed E-state index contributed by atoms with van der Waals surface area (Å²) in [5.74, 6) is 1.39. The number of rotatable bonds is 5. The topological polar surface area (TPSA) is 69.3 Å². The number of anilines is 4. The smallest absolute Gasteiger partial charge is 0.320 e. The van der Waals surface area contributed by atoms with Crippen molar-refractivity contribution in [3.63, 3.8) is 0 Å². The summed E-state index contributed by atoms with van der Waals surface area (Å²) in [7, 11) is 0. The fraction of sp³-hybridized carbons (Fsp3) is 0.429. The van der Waals surface area contributed by atoms with Crippen LogP contribution in [0.1, 0.15) is 32.6 Å². The van der Waals surface area contributed by atoms with Gasteiger partial charge in [-0.3, -0.25) is 5.32 Å². The predicted molar refractivity (Wildman–Crippen MR) is 110 cm³/mol. The predicted octanol–water partition coefficient (Wildman–Crippen LogP) is 4.35. The molecule has 2 heterocycles. The van der Waals surface area contributed by atoms with E-state index in [-0.39, 0.29) is 6.03 Å². The maximum Gasteiger partial charge on any atom is 0.320 e. The Bertz CT molecular complexity index is 762. The second-order valence-electron chi connectivity index (χ2n) is 7.65. The highest BCUT2D eigenvalue weighted by Crippen LogP contribution is 2.25. The van der Waals surface area contributed by atoms with Crippen LogP contribution in [0.4, 0.5) is 27.7 Å². The number of nitrogens with one attached hydrogen (secondary N) is 3. The van der Waals surface area contributed by atoms with Gasteiger partial charge in [-0.15, -0.1) is 0 Å². The summed E-state index contributed by atoms with van der Waals surface area (Å²) < 4.78 is 0. The summed E-state index contributed by atoms with van der Waals surface area (Å²) in [5, 5.41) is 8.99. The minimum atomic E-state index is -0.187. The Balaban J connectivity index is 1.31. The van der Waals surface area contributed by atoms with Crippen LogP contribution in [0.3, 0.4) is 0 Å². The number of piperidine rings is 1. The summed E-state index contributed by atoms with van der Waals surface area (Å²) in [6, 6.07) is 12.4. The van der Waals surface area contributed by atoms with Crippen molar-refractivity contribution >= 4 is 28.9 Å². The molecule has 2 aliphatic rings. The first-order valence-electron chi connectivity index (χ1n) is 9.81. The Hall–Kier alpha value is -2.76. The lowest BCUT2D eigenvalue weighted by Crippen LogP contribution is -2.32. The highest BCUT2D eigenvalue weighted by Gasteiger charge is 2.23. The van der Waals surface area contributed by atoms with Gasteiger partial charge in [-0.05, 0) is 68.0 Å². The molecule has 2 aromatic rings. The summed E-state index contributed by atoms with van der Waals surface area (Å²) in [4.78, 5) is 18.5. The quantitative estimate of drug-likeness (QED) is 0.737. The normalized spacial score (nSPS) is 17.4. The SMILES string of the molecule is CC1CCN(c2ccc(Nc3ccc(NC(=O)NC4CC4)nc3)cc2)CC1. The van der Waals surface area contributed by atoms with Crippen LogP contribution >= 0.6 is 0 Å². The minimum Gasteiger partial charge on any atom is -0.372 e. The molecule has 1 aromatic heterocycles. The maximum atomic E-state index is 11.7. The van der Waals surface area contributed by atoms with Crippen LogP contribution in [0, 0.1) is 5.92 Å². The number of hydrogen-bond acceptors (Lipinski definition) is 4. The van der Waals surface area contributed by atoms with Gasteiger partial charge in [-0.2, -0.15) is 0 Å². The molecule has 1 saturated carbocycles. The minimum absolute atomic E-state index is 0.187. The van der Waals surface area contributed by atoms with E-state index in [9.17, 15) is 4.79 Å². The molecule has 4 rings (SSSR count). The van der Waals surface area contributed by atoms with E-state index in [1.165, 1.54) is 18.5 Å². The molecule has 1 aliphatic heterocycles. The van der Waals surface area contributed by atoms with Gasteiger partial charge in [0, 0.05) is 30.5 Å². The molecule has 0 atom stereocenters. The Morgan fingerprint density at radius 2 is 1.70 bits per heavy atom. The number of amides is 2. The van der Waals surface area contributed by atoms with E-state index >= 15 is 0 Å². The number of urea groups is 1. The number of hydrogen-bond donors (Lipinski definition) is 3. The van der Waals surface area contributed by atoms with Crippen molar-refractivity contribution in [1.29, 1.82) is 0 Å². The van der Waals surface area contributed by atoms with Gasteiger partial charge in [0.15, 0.2) is 0 Å². The summed E-state index contributed by atoms with van der Waals surface area (Å²) in [6.45, 7) is 4.61. The molecule has 27 heavy (non-hydrogen) atoms. The van der Waals surface area contributed by atoms with Gasteiger partial charge < -0.3 is 15.5 Å². The molecule has 0 unspecified atom stereocenters. The molecule has 6 nitrogen and oxygen atoms in total. The van der Waals surface area contributed by atoms with E-state index < -0.39 is 0 Å². The second-order valence-corrected chi connectivity index (χ2v) is 7.65. The Kier molecular flexibility index (Phi) is 5.14. The molecular formula is C21H27N5O. The molecule has 1 saturated heterocycles. The summed E-state index contributed by atoms with van der Waals surface area (Å²) >= 11 is 0. The Morgan fingerprint density at radius 3 is 2.33 bits per heavy atom. The van der Waals surface area contributed by atoms with Crippen LogP contribution in [-0.2, 0) is 0 Å². The van der Waals surface area contributed by atoms with Crippen molar-refractivity contribution in [3.05, 3.63) is 42.6 Å².